The fraction of sp³-hybridized carbons (Fsp3) is 0.417. The summed E-state index contributed by atoms with van der Waals surface area (Å²) < 4.78 is 2.17. The Hall–Kier alpha value is -2.62. The molecule has 0 spiro atoms. The van der Waals surface area contributed by atoms with Gasteiger partial charge in [0, 0.05) is 25.6 Å². The van der Waals surface area contributed by atoms with Gasteiger partial charge in [0.2, 0.25) is 5.91 Å². The summed E-state index contributed by atoms with van der Waals surface area (Å²) in [7, 11) is 2.07. The molecule has 1 amide bonds. The smallest absolute Gasteiger partial charge is 0.224 e. The average molecular weight is 376 g/mol. The summed E-state index contributed by atoms with van der Waals surface area (Å²) in [5.41, 5.74) is 4.31. The number of benzene rings is 2. The Balaban J connectivity index is 1.42. The number of hydrogen-bond donors (Lipinski definition) is 1. The highest BCUT2D eigenvalue weighted by Crippen LogP contribution is 2.27. The first-order chi connectivity index (χ1) is 13.7. The summed E-state index contributed by atoms with van der Waals surface area (Å²) in [4.78, 5) is 17.3. The number of aromatic nitrogens is 2. The van der Waals surface area contributed by atoms with Crippen molar-refractivity contribution in [1.82, 2.24) is 9.55 Å². The number of hydrogen-bond acceptors (Lipinski definition) is 2. The van der Waals surface area contributed by atoms with E-state index in [1.165, 1.54) is 37.7 Å². The van der Waals surface area contributed by atoms with E-state index in [9.17, 15) is 4.79 Å². The maximum Gasteiger partial charge on any atom is 0.224 e. The van der Waals surface area contributed by atoms with Gasteiger partial charge in [0.15, 0.2) is 0 Å². The number of rotatable bonds is 6. The van der Waals surface area contributed by atoms with Gasteiger partial charge < -0.3 is 9.88 Å². The molecule has 1 heterocycles. The topological polar surface area (TPSA) is 46.9 Å². The van der Waals surface area contributed by atoms with Crippen LogP contribution in [-0.2, 0) is 24.7 Å². The van der Waals surface area contributed by atoms with Crippen LogP contribution in [-0.4, -0.2) is 15.5 Å². The van der Waals surface area contributed by atoms with Crippen LogP contribution in [0.5, 0.6) is 0 Å². The van der Waals surface area contributed by atoms with Crippen molar-refractivity contribution in [3.8, 4) is 0 Å². The lowest BCUT2D eigenvalue weighted by Crippen LogP contribution is -2.19. The van der Waals surface area contributed by atoms with Crippen LogP contribution in [0.2, 0.25) is 0 Å². The second-order valence-electron chi connectivity index (χ2n) is 7.99. The molecule has 0 atom stereocenters. The minimum absolute atomic E-state index is 0.155. The normalized spacial score (nSPS) is 15.0. The Labute approximate surface area is 167 Å². The minimum Gasteiger partial charge on any atom is -0.331 e. The fourth-order valence-electron chi connectivity index (χ4n) is 4.38. The van der Waals surface area contributed by atoms with Crippen LogP contribution in [0.3, 0.4) is 0 Å². The molecule has 4 rings (SSSR count). The van der Waals surface area contributed by atoms with Gasteiger partial charge in [0.25, 0.3) is 0 Å². The highest BCUT2D eigenvalue weighted by Gasteiger charge is 2.18. The molecule has 4 heteroatoms. The number of imidazole rings is 1. The highest BCUT2D eigenvalue weighted by molar-refractivity contribution is 5.91. The van der Waals surface area contributed by atoms with E-state index in [1.807, 2.05) is 30.3 Å². The summed E-state index contributed by atoms with van der Waals surface area (Å²) in [6.45, 7) is 0. The van der Waals surface area contributed by atoms with Crippen molar-refractivity contribution in [1.29, 1.82) is 0 Å². The molecular formula is C24H29N3O. The molecule has 1 N–H and O–H groups in total. The monoisotopic (exact) mass is 375 g/mol. The molecule has 1 aromatic heterocycles. The van der Waals surface area contributed by atoms with Gasteiger partial charge in [-0.1, -0.05) is 49.6 Å². The molecule has 4 nitrogen and oxygen atoms in total. The van der Waals surface area contributed by atoms with Gasteiger partial charge in [-0.05, 0) is 48.9 Å². The summed E-state index contributed by atoms with van der Waals surface area (Å²) in [6.07, 6.45) is 8.61. The summed E-state index contributed by atoms with van der Waals surface area (Å²) >= 11 is 0. The molecule has 0 radical (unpaired) electrons. The molecule has 1 saturated carbocycles. The second kappa shape index (κ2) is 8.59. The molecule has 0 saturated heterocycles. The maximum atomic E-state index is 12.6. The summed E-state index contributed by atoms with van der Waals surface area (Å²) in [5, 5.41) is 3.17. The Morgan fingerprint density at radius 1 is 1.04 bits per heavy atom. The molecule has 0 aliphatic heterocycles. The van der Waals surface area contributed by atoms with E-state index in [0.717, 1.165) is 35.4 Å². The number of carbonyl (C=O) groups is 1. The van der Waals surface area contributed by atoms with Gasteiger partial charge in [-0.25, -0.2) is 4.98 Å². The Morgan fingerprint density at radius 2 is 1.79 bits per heavy atom. The largest absolute Gasteiger partial charge is 0.331 e. The molecular weight excluding hydrogens is 346 g/mol. The van der Waals surface area contributed by atoms with Crippen LogP contribution in [0.1, 0.15) is 49.9 Å². The van der Waals surface area contributed by atoms with E-state index in [1.54, 1.807) is 0 Å². The van der Waals surface area contributed by atoms with Crippen molar-refractivity contribution in [2.24, 2.45) is 13.0 Å². The van der Waals surface area contributed by atoms with Crippen molar-refractivity contribution in [2.75, 3.05) is 5.32 Å². The quantitative estimate of drug-likeness (QED) is 0.638. The van der Waals surface area contributed by atoms with Crippen molar-refractivity contribution in [3.05, 3.63) is 59.9 Å². The first kappa shape index (κ1) is 18.7. The Morgan fingerprint density at radius 3 is 2.61 bits per heavy atom. The van der Waals surface area contributed by atoms with Crippen LogP contribution in [0.15, 0.2) is 48.5 Å². The third-order valence-electron chi connectivity index (χ3n) is 5.99. The number of anilines is 1. The van der Waals surface area contributed by atoms with Crippen molar-refractivity contribution in [3.63, 3.8) is 0 Å². The zero-order valence-corrected chi connectivity index (χ0v) is 16.7. The average Bonchev–Trinajstić information content (AvgIpc) is 3.04. The third-order valence-corrected chi connectivity index (χ3v) is 5.99. The Bertz CT molecular complexity index is 953. The van der Waals surface area contributed by atoms with Crippen LogP contribution in [0.25, 0.3) is 11.0 Å². The predicted molar refractivity (Wildman–Crippen MR) is 114 cm³/mol. The van der Waals surface area contributed by atoms with Gasteiger partial charge in [-0.15, -0.1) is 0 Å². The standard InChI is InChI=1S/C24H29N3O/c1-27-22-14-8-7-13-21(22)25-23(27)16-15-19-11-5-6-12-20(19)26-24(28)17-18-9-3-2-4-10-18/h5-8,11-14,18H,2-4,9-10,15-17H2,1H3,(H,26,28). The van der Waals surface area contributed by atoms with E-state index in [0.29, 0.717) is 12.3 Å². The minimum atomic E-state index is 0.155. The lowest BCUT2D eigenvalue weighted by atomic mass is 9.87. The first-order valence-corrected chi connectivity index (χ1v) is 10.5. The van der Waals surface area contributed by atoms with Gasteiger partial charge in [0.05, 0.1) is 11.0 Å². The van der Waals surface area contributed by atoms with Crippen molar-refractivity contribution < 1.29 is 4.79 Å². The molecule has 0 bridgehead atoms. The molecule has 28 heavy (non-hydrogen) atoms. The predicted octanol–water partition coefficient (Wildman–Crippen LogP) is 5.27. The van der Waals surface area contributed by atoms with Crippen LogP contribution >= 0.6 is 0 Å². The van der Waals surface area contributed by atoms with Crippen LogP contribution in [0, 0.1) is 5.92 Å². The van der Waals surface area contributed by atoms with Crippen molar-refractivity contribution in [2.45, 2.75) is 51.4 Å². The number of fused-ring (bicyclic) bond motifs is 1. The zero-order chi connectivity index (χ0) is 19.3. The number of amides is 1. The van der Waals surface area contributed by atoms with E-state index in [2.05, 4.69) is 35.1 Å². The zero-order valence-electron chi connectivity index (χ0n) is 16.7. The highest BCUT2D eigenvalue weighted by atomic mass is 16.1. The van der Waals surface area contributed by atoms with Crippen LogP contribution < -0.4 is 5.32 Å². The summed E-state index contributed by atoms with van der Waals surface area (Å²) in [6, 6.07) is 16.4. The number of aryl methyl sites for hydroxylation is 3. The lowest BCUT2D eigenvalue weighted by molar-refractivity contribution is -0.117. The Kier molecular flexibility index (Phi) is 5.75. The molecule has 146 valence electrons. The molecule has 2 aromatic carbocycles. The molecule has 0 unspecified atom stereocenters. The van der Waals surface area contributed by atoms with Gasteiger partial charge >= 0.3 is 0 Å². The number of nitrogens with zero attached hydrogens (tertiary/aromatic N) is 2. The van der Waals surface area contributed by atoms with Crippen molar-refractivity contribution >= 4 is 22.6 Å². The molecule has 1 aliphatic rings. The van der Waals surface area contributed by atoms with E-state index in [4.69, 9.17) is 4.98 Å². The van der Waals surface area contributed by atoms with Gasteiger partial charge in [-0.3, -0.25) is 4.79 Å². The van der Waals surface area contributed by atoms with Gasteiger partial charge in [0.1, 0.15) is 5.82 Å². The van der Waals surface area contributed by atoms with E-state index < -0.39 is 0 Å². The first-order valence-electron chi connectivity index (χ1n) is 10.5. The lowest BCUT2D eigenvalue weighted by Gasteiger charge is -2.21. The number of carbonyl (C=O) groups excluding carboxylic acids is 1. The molecule has 1 aliphatic carbocycles. The summed E-state index contributed by atoms with van der Waals surface area (Å²) in [5.74, 6) is 1.78. The van der Waals surface area contributed by atoms with Crippen LogP contribution in [0.4, 0.5) is 5.69 Å². The number of nitrogens with one attached hydrogen (secondary N) is 1. The fourth-order valence-corrected chi connectivity index (χ4v) is 4.38. The molecule has 3 aromatic rings. The van der Waals surface area contributed by atoms with Gasteiger partial charge in [-0.2, -0.15) is 0 Å². The number of para-hydroxylation sites is 3. The SMILES string of the molecule is Cn1c(CCc2ccccc2NC(=O)CC2CCCCC2)nc2ccccc21. The van der Waals surface area contributed by atoms with E-state index in [-0.39, 0.29) is 5.91 Å². The molecule has 1 fully saturated rings. The maximum absolute atomic E-state index is 12.6. The second-order valence-corrected chi connectivity index (χ2v) is 7.99. The third kappa shape index (κ3) is 4.27. The van der Waals surface area contributed by atoms with E-state index >= 15 is 0 Å².